The van der Waals surface area contributed by atoms with Gasteiger partial charge in [0.05, 0.1) is 20.6 Å². The molecule has 0 saturated carbocycles. The van der Waals surface area contributed by atoms with E-state index in [-0.39, 0.29) is 6.42 Å². The largest absolute Gasteiger partial charge is 0.493 e. The molecule has 1 aromatic carbocycles. The minimum atomic E-state index is -0.863. The summed E-state index contributed by atoms with van der Waals surface area (Å²) < 4.78 is 10.3. The van der Waals surface area contributed by atoms with Gasteiger partial charge in [-0.15, -0.1) is 0 Å². The van der Waals surface area contributed by atoms with Crippen molar-refractivity contribution in [1.29, 1.82) is 0 Å². The minimum Gasteiger partial charge on any atom is -0.493 e. The van der Waals surface area contributed by atoms with E-state index in [4.69, 9.17) is 14.6 Å². The highest BCUT2D eigenvalue weighted by atomic mass is 16.5. The summed E-state index contributed by atoms with van der Waals surface area (Å²) in [5.74, 6) is 0.365. The number of methoxy groups -OCH3 is 2. The summed E-state index contributed by atoms with van der Waals surface area (Å²) in [6, 6.07) is 5.44. The lowest BCUT2D eigenvalue weighted by Gasteiger charge is -2.09. The molecule has 0 aliphatic carbocycles. The van der Waals surface area contributed by atoms with E-state index in [0.717, 1.165) is 5.56 Å². The predicted octanol–water partition coefficient (Wildman–Crippen LogP) is 2.19. The molecular formula is C12H14O4. The SMILES string of the molecule is COc1cccc(C=CCC(=O)O)c1OC. The number of hydrogen-bond donors (Lipinski definition) is 1. The fourth-order valence-electron chi connectivity index (χ4n) is 1.33. The number of carbonyl (C=O) groups is 1. The Hall–Kier alpha value is -1.97. The lowest BCUT2D eigenvalue weighted by molar-refractivity contribution is -0.135. The molecule has 0 radical (unpaired) electrons. The average molecular weight is 222 g/mol. The second-order valence-corrected chi connectivity index (χ2v) is 3.08. The summed E-state index contributed by atoms with van der Waals surface area (Å²) in [5.41, 5.74) is 0.795. The Balaban J connectivity index is 2.94. The number of hydrogen-bond acceptors (Lipinski definition) is 3. The molecule has 0 heterocycles. The van der Waals surface area contributed by atoms with Gasteiger partial charge in [-0.1, -0.05) is 24.3 Å². The number of para-hydroxylation sites is 1. The van der Waals surface area contributed by atoms with Gasteiger partial charge in [-0.25, -0.2) is 0 Å². The van der Waals surface area contributed by atoms with Gasteiger partial charge in [0, 0.05) is 5.56 Å². The zero-order valence-electron chi connectivity index (χ0n) is 9.27. The average Bonchev–Trinajstić information content (AvgIpc) is 2.28. The lowest BCUT2D eigenvalue weighted by Crippen LogP contribution is -1.93. The second-order valence-electron chi connectivity index (χ2n) is 3.08. The van der Waals surface area contributed by atoms with Crippen LogP contribution in [0.2, 0.25) is 0 Å². The highest BCUT2D eigenvalue weighted by Crippen LogP contribution is 2.31. The molecule has 0 aliphatic heterocycles. The first-order valence-corrected chi connectivity index (χ1v) is 4.78. The van der Waals surface area contributed by atoms with Crippen molar-refractivity contribution in [3.63, 3.8) is 0 Å². The lowest BCUT2D eigenvalue weighted by atomic mass is 10.1. The quantitative estimate of drug-likeness (QED) is 0.829. The Bertz CT molecular complexity index is 396. The van der Waals surface area contributed by atoms with Crippen LogP contribution in [0.5, 0.6) is 11.5 Å². The van der Waals surface area contributed by atoms with Gasteiger partial charge in [0.25, 0.3) is 0 Å². The molecule has 0 amide bonds. The third-order valence-electron chi connectivity index (χ3n) is 2.02. The molecule has 1 aromatic rings. The molecule has 0 bridgehead atoms. The van der Waals surface area contributed by atoms with Crippen LogP contribution in [-0.2, 0) is 4.79 Å². The third-order valence-corrected chi connectivity index (χ3v) is 2.02. The van der Waals surface area contributed by atoms with Crippen molar-refractivity contribution < 1.29 is 19.4 Å². The first-order valence-electron chi connectivity index (χ1n) is 4.78. The molecule has 4 nitrogen and oxygen atoms in total. The summed E-state index contributed by atoms with van der Waals surface area (Å²) in [6.45, 7) is 0. The zero-order valence-corrected chi connectivity index (χ0v) is 9.27. The van der Waals surface area contributed by atoms with Crippen LogP contribution < -0.4 is 9.47 Å². The molecule has 4 heteroatoms. The zero-order chi connectivity index (χ0) is 12.0. The molecule has 16 heavy (non-hydrogen) atoms. The van der Waals surface area contributed by atoms with E-state index in [2.05, 4.69) is 0 Å². The normalized spacial score (nSPS) is 10.4. The molecule has 0 saturated heterocycles. The van der Waals surface area contributed by atoms with Crippen LogP contribution in [0.4, 0.5) is 0 Å². The predicted molar refractivity (Wildman–Crippen MR) is 60.8 cm³/mol. The van der Waals surface area contributed by atoms with Gasteiger partial charge < -0.3 is 14.6 Å². The molecule has 1 N–H and O–H groups in total. The Morgan fingerprint density at radius 1 is 1.38 bits per heavy atom. The van der Waals surface area contributed by atoms with E-state index in [9.17, 15) is 4.79 Å². The monoisotopic (exact) mass is 222 g/mol. The van der Waals surface area contributed by atoms with Gasteiger partial charge in [-0.2, -0.15) is 0 Å². The number of aliphatic carboxylic acids is 1. The fraction of sp³-hybridized carbons (Fsp3) is 0.250. The topological polar surface area (TPSA) is 55.8 Å². The first-order chi connectivity index (χ1) is 7.69. The summed E-state index contributed by atoms with van der Waals surface area (Å²) in [7, 11) is 3.11. The number of rotatable bonds is 5. The van der Waals surface area contributed by atoms with Crippen LogP contribution >= 0.6 is 0 Å². The van der Waals surface area contributed by atoms with Crippen molar-refractivity contribution in [3.8, 4) is 11.5 Å². The maximum atomic E-state index is 10.4. The molecule has 0 aromatic heterocycles. The molecular weight excluding hydrogens is 208 g/mol. The van der Waals surface area contributed by atoms with E-state index >= 15 is 0 Å². The number of benzene rings is 1. The van der Waals surface area contributed by atoms with Crippen molar-refractivity contribution in [2.75, 3.05) is 14.2 Å². The number of ether oxygens (including phenoxy) is 2. The molecule has 0 atom stereocenters. The van der Waals surface area contributed by atoms with Gasteiger partial charge in [-0.05, 0) is 6.07 Å². The molecule has 86 valence electrons. The Labute approximate surface area is 94.1 Å². The van der Waals surface area contributed by atoms with E-state index in [0.29, 0.717) is 11.5 Å². The van der Waals surface area contributed by atoms with Gasteiger partial charge in [0.2, 0.25) is 0 Å². The van der Waals surface area contributed by atoms with Gasteiger partial charge in [0.15, 0.2) is 11.5 Å². The van der Waals surface area contributed by atoms with Crippen LogP contribution in [-0.4, -0.2) is 25.3 Å². The van der Waals surface area contributed by atoms with Crippen molar-refractivity contribution in [3.05, 3.63) is 29.8 Å². The molecule has 1 rings (SSSR count). The second kappa shape index (κ2) is 5.80. The van der Waals surface area contributed by atoms with Crippen molar-refractivity contribution >= 4 is 12.0 Å². The first kappa shape index (κ1) is 12.1. The summed E-state index contributed by atoms with van der Waals surface area (Å²) >= 11 is 0. The van der Waals surface area contributed by atoms with Crippen LogP contribution in [0.3, 0.4) is 0 Å². The fourth-order valence-corrected chi connectivity index (χ4v) is 1.33. The number of carboxylic acids is 1. The van der Waals surface area contributed by atoms with Crippen molar-refractivity contribution in [2.45, 2.75) is 6.42 Å². The summed E-state index contributed by atoms with van der Waals surface area (Å²) in [4.78, 5) is 10.4. The summed E-state index contributed by atoms with van der Waals surface area (Å²) in [5, 5.41) is 8.51. The van der Waals surface area contributed by atoms with Gasteiger partial charge in [-0.3, -0.25) is 4.79 Å². The smallest absolute Gasteiger partial charge is 0.307 e. The van der Waals surface area contributed by atoms with Crippen LogP contribution in [0, 0.1) is 0 Å². The van der Waals surface area contributed by atoms with E-state index < -0.39 is 5.97 Å². The molecule has 0 fully saturated rings. The Kier molecular flexibility index (Phi) is 4.39. The summed E-state index contributed by atoms with van der Waals surface area (Å²) in [6.07, 6.45) is 3.26. The highest BCUT2D eigenvalue weighted by molar-refractivity contribution is 5.71. The van der Waals surface area contributed by atoms with Crippen LogP contribution in [0.1, 0.15) is 12.0 Å². The molecule has 0 spiro atoms. The van der Waals surface area contributed by atoms with Crippen molar-refractivity contribution in [1.82, 2.24) is 0 Å². The Morgan fingerprint density at radius 2 is 2.12 bits per heavy atom. The van der Waals surface area contributed by atoms with Crippen molar-refractivity contribution in [2.24, 2.45) is 0 Å². The van der Waals surface area contributed by atoms with E-state index in [1.165, 1.54) is 0 Å². The number of carboxylic acid groups (broad SMARTS) is 1. The molecule has 0 unspecified atom stereocenters. The highest BCUT2D eigenvalue weighted by Gasteiger charge is 2.06. The maximum Gasteiger partial charge on any atom is 0.307 e. The van der Waals surface area contributed by atoms with Crippen LogP contribution in [0.25, 0.3) is 6.08 Å². The van der Waals surface area contributed by atoms with Gasteiger partial charge in [0.1, 0.15) is 0 Å². The van der Waals surface area contributed by atoms with Gasteiger partial charge >= 0.3 is 5.97 Å². The maximum absolute atomic E-state index is 10.4. The van der Waals surface area contributed by atoms with Crippen LogP contribution in [0.15, 0.2) is 24.3 Å². The van der Waals surface area contributed by atoms with E-state index in [1.807, 2.05) is 12.1 Å². The standard InChI is InChI=1S/C12H14O4/c1-15-10-7-3-5-9(12(10)16-2)6-4-8-11(13)14/h3-7H,8H2,1-2H3,(H,13,14). The third kappa shape index (κ3) is 3.02. The Morgan fingerprint density at radius 3 is 2.69 bits per heavy atom. The van der Waals surface area contributed by atoms with E-state index in [1.54, 1.807) is 32.4 Å². The molecule has 0 aliphatic rings. The minimum absolute atomic E-state index is 0.0135.